The number of nitrogens with zero attached hydrogens (tertiary/aromatic N) is 1. The lowest BCUT2D eigenvalue weighted by Crippen LogP contribution is -2.24. The molecule has 1 aliphatic heterocycles. The number of nitrogens with one attached hydrogen (secondary N) is 2. The molecule has 2 N–H and O–H groups in total. The van der Waals surface area contributed by atoms with Gasteiger partial charge in [0.1, 0.15) is 11.5 Å². The second-order valence-corrected chi connectivity index (χ2v) is 5.45. The van der Waals surface area contributed by atoms with Gasteiger partial charge in [-0.3, -0.25) is 9.78 Å². The zero-order chi connectivity index (χ0) is 15.4. The van der Waals surface area contributed by atoms with Crippen molar-refractivity contribution in [2.45, 2.75) is 13.3 Å². The fraction of sp³-hybridized carbons (Fsp3) is 0.294. The van der Waals surface area contributed by atoms with E-state index in [4.69, 9.17) is 4.74 Å². The van der Waals surface area contributed by atoms with Gasteiger partial charge in [-0.25, -0.2) is 0 Å². The van der Waals surface area contributed by atoms with Crippen LogP contribution in [0.3, 0.4) is 0 Å². The van der Waals surface area contributed by atoms with Crippen LogP contribution in [0.4, 0.5) is 5.69 Å². The molecule has 0 radical (unpaired) electrons. The molecule has 1 amide bonds. The Hall–Kier alpha value is -1.82. The van der Waals surface area contributed by atoms with Crippen LogP contribution in [0.5, 0.6) is 11.5 Å². The van der Waals surface area contributed by atoms with Crippen LogP contribution in [0.2, 0.25) is 0 Å². The van der Waals surface area contributed by atoms with Gasteiger partial charge in [-0.2, -0.15) is 0 Å². The number of aromatic nitrogens is 1. The summed E-state index contributed by atoms with van der Waals surface area (Å²) < 4.78 is 5.78. The minimum absolute atomic E-state index is 0. The van der Waals surface area contributed by atoms with Gasteiger partial charge in [0.05, 0.1) is 12.1 Å². The van der Waals surface area contributed by atoms with Gasteiger partial charge in [0.25, 0.3) is 0 Å². The smallest absolute Gasteiger partial charge is 0.228 e. The Morgan fingerprint density at radius 1 is 1.33 bits per heavy atom. The van der Waals surface area contributed by atoms with E-state index >= 15 is 0 Å². The van der Waals surface area contributed by atoms with Crippen molar-refractivity contribution in [3.05, 3.63) is 48.3 Å². The van der Waals surface area contributed by atoms with Crippen LogP contribution in [0.1, 0.15) is 12.0 Å². The highest BCUT2D eigenvalue weighted by molar-refractivity contribution is 5.93. The molecule has 1 aliphatic rings. The van der Waals surface area contributed by atoms with Gasteiger partial charge >= 0.3 is 0 Å². The largest absolute Gasteiger partial charge is 0.455 e. The van der Waals surface area contributed by atoms with E-state index in [9.17, 15) is 4.79 Å². The first kappa shape index (κ1) is 20.2. The number of ether oxygens (including phenoxy) is 1. The fourth-order valence-electron chi connectivity index (χ4n) is 2.50. The van der Waals surface area contributed by atoms with Crippen LogP contribution in [-0.4, -0.2) is 24.0 Å². The van der Waals surface area contributed by atoms with Gasteiger partial charge < -0.3 is 15.4 Å². The Bertz CT molecular complexity index is 662. The van der Waals surface area contributed by atoms with E-state index in [1.54, 1.807) is 12.4 Å². The molecule has 5 nitrogen and oxygen atoms in total. The molecule has 24 heavy (non-hydrogen) atoms. The predicted octanol–water partition coefficient (Wildman–Crippen LogP) is 3.57. The van der Waals surface area contributed by atoms with Gasteiger partial charge in [-0.05, 0) is 55.8 Å². The SMILES string of the molecule is Cc1cc(NC(=O)C2CCNC2)ccc1Oc1cccnc1.Cl.Cl. The van der Waals surface area contributed by atoms with E-state index in [0.717, 1.165) is 36.5 Å². The number of rotatable bonds is 4. The number of hydrogen-bond acceptors (Lipinski definition) is 4. The first-order chi connectivity index (χ1) is 10.7. The van der Waals surface area contributed by atoms with Gasteiger partial charge in [-0.15, -0.1) is 24.8 Å². The number of hydrogen-bond donors (Lipinski definition) is 2. The Morgan fingerprint density at radius 2 is 2.17 bits per heavy atom. The maximum atomic E-state index is 12.1. The van der Waals surface area contributed by atoms with E-state index in [-0.39, 0.29) is 36.6 Å². The summed E-state index contributed by atoms with van der Waals surface area (Å²) in [7, 11) is 0. The van der Waals surface area contributed by atoms with Crippen molar-refractivity contribution in [1.82, 2.24) is 10.3 Å². The lowest BCUT2D eigenvalue weighted by Gasteiger charge is -2.13. The highest BCUT2D eigenvalue weighted by Gasteiger charge is 2.22. The molecule has 1 aromatic heterocycles. The Balaban J connectivity index is 0.00000144. The average Bonchev–Trinajstić information content (AvgIpc) is 3.05. The molecule has 0 bridgehead atoms. The molecule has 7 heteroatoms. The van der Waals surface area contributed by atoms with E-state index in [0.29, 0.717) is 5.75 Å². The van der Waals surface area contributed by atoms with E-state index in [1.165, 1.54) is 0 Å². The maximum Gasteiger partial charge on any atom is 0.228 e. The first-order valence-corrected chi connectivity index (χ1v) is 7.42. The van der Waals surface area contributed by atoms with Crippen molar-refractivity contribution in [1.29, 1.82) is 0 Å². The second-order valence-electron chi connectivity index (χ2n) is 5.45. The number of pyridine rings is 1. The summed E-state index contributed by atoms with van der Waals surface area (Å²) in [4.78, 5) is 16.1. The summed E-state index contributed by atoms with van der Waals surface area (Å²) in [5.41, 5.74) is 1.76. The summed E-state index contributed by atoms with van der Waals surface area (Å²) >= 11 is 0. The van der Waals surface area contributed by atoms with Crippen molar-refractivity contribution in [3.63, 3.8) is 0 Å². The van der Waals surface area contributed by atoms with Gasteiger partial charge in [0.2, 0.25) is 5.91 Å². The lowest BCUT2D eigenvalue weighted by atomic mass is 10.1. The molecule has 1 aromatic carbocycles. The van der Waals surface area contributed by atoms with Crippen LogP contribution in [-0.2, 0) is 4.79 Å². The highest BCUT2D eigenvalue weighted by atomic mass is 35.5. The third-order valence-electron chi connectivity index (χ3n) is 3.74. The van der Waals surface area contributed by atoms with Gasteiger partial charge in [0, 0.05) is 18.4 Å². The number of aryl methyl sites for hydroxylation is 1. The normalized spacial score (nSPS) is 15.8. The molecular weight excluding hydrogens is 349 g/mol. The minimum atomic E-state index is 0. The lowest BCUT2D eigenvalue weighted by molar-refractivity contribution is -0.119. The van der Waals surface area contributed by atoms with Gasteiger partial charge in [-0.1, -0.05) is 0 Å². The van der Waals surface area contributed by atoms with Crippen LogP contribution in [0.25, 0.3) is 0 Å². The zero-order valence-corrected chi connectivity index (χ0v) is 15.0. The zero-order valence-electron chi connectivity index (χ0n) is 13.3. The molecule has 130 valence electrons. The number of carbonyl (C=O) groups is 1. The third-order valence-corrected chi connectivity index (χ3v) is 3.74. The number of amides is 1. The van der Waals surface area contributed by atoms with Crippen LogP contribution >= 0.6 is 24.8 Å². The standard InChI is InChI=1S/C17H19N3O2.2ClH/c1-12-9-14(20-17(21)13-6-8-19-10-13)4-5-16(12)22-15-3-2-7-18-11-15;;/h2-5,7,9,11,13,19H,6,8,10H2,1H3,(H,20,21);2*1H. The van der Waals surface area contributed by atoms with Gasteiger partial charge in [0.15, 0.2) is 0 Å². The Labute approximate surface area is 154 Å². The van der Waals surface area contributed by atoms with Crippen molar-refractivity contribution in [3.8, 4) is 11.5 Å². The third kappa shape index (κ3) is 5.09. The topological polar surface area (TPSA) is 63.2 Å². The monoisotopic (exact) mass is 369 g/mol. The molecule has 2 aromatic rings. The molecule has 1 fully saturated rings. The molecule has 1 unspecified atom stereocenters. The predicted molar refractivity (Wildman–Crippen MR) is 99.6 cm³/mol. The quantitative estimate of drug-likeness (QED) is 0.864. The average molecular weight is 370 g/mol. The summed E-state index contributed by atoms with van der Waals surface area (Å²) in [6.45, 7) is 3.63. The van der Waals surface area contributed by atoms with Crippen LogP contribution in [0, 0.1) is 12.8 Å². The van der Waals surface area contributed by atoms with Crippen molar-refractivity contribution < 1.29 is 9.53 Å². The van der Waals surface area contributed by atoms with E-state index in [2.05, 4.69) is 15.6 Å². The molecule has 0 saturated carbocycles. The summed E-state index contributed by atoms with van der Waals surface area (Å²) in [5.74, 6) is 1.59. The Kier molecular flexibility index (Phi) is 7.98. The summed E-state index contributed by atoms with van der Waals surface area (Å²) in [5, 5.41) is 6.17. The summed E-state index contributed by atoms with van der Waals surface area (Å²) in [6.07, 6.45) is 4.27. The number of benzene rings is 1. The molecule has 0 spiro atoms. The highest BCUT2D eigenvalue weighted by Crippen LogP contribution is 2.27. The second kappa shape index (κ2) is 9.47. The molecule has 1 atom stereocenters. The van der Waals surface area contributed by atoms with E-state index < -0.39 is 0 Å². The molecular formula is C17H21Cl2N3O2. The van der Waals surface area contributed by atoms with E-state index in [1.807, 2.05) is 37.3 Å². The van der Waals surface area contributed by atoms with Crippen LogP contribution < -0.4 is 15.4 Å². The fourth-order valence-corrected chi connectivity index (χ4v) is 2.50. The van der Waals surface area contributed by atoms with Crippen molar-refractivity contribution in [2.24, 2.45) is 5.92 Å². The molecule has 3 rings (SSSR count). The first-order valence-electron chi connectivity index (χ1n) is 7.42. The number of anilines is 1. The molecule has 1 saturated heterocycles. The number of halogens is 2. The minimum Gasteiger partial charge on any atom is -0.455 e. The Morgan fingerprint density at radius 3 is 2.79 bits per heavy atom. The molecule has 0 aliphatic carbocycles. The van der Waals surface area contributed by atoms with Crippen molar-refractivity contribution >= 4 is 36.4 Å². The maximum absolute atomic E-state index is 12.1. The van der Waals surface area contributed by atoms with Crippen molar-refractivity contribution in [2.75, 3.05) is 18.4 Å². The van der Waals surface area contributed by atoms with Crippen LogP contribution in [0.15, 0.2) is 42.7 Å². The number of carbonyl (C=O) groups excluding carboxylic acids is 1. The molecule has 2 heterocycles. The summed E-state index contributed by atoms with van der Waals surface area (Å²) in [6, 6.07) is 9.33.